The lowest BCUT2D eigenvalue weighted by Gasteiger charge is -2.40. The van der Waals surface area contributed by atoms with Crippen molar-refractivity contribution in [1.82, 2.24) is 10.6 Å². The quantitative estimate of drug-likeness (QED) is 0.677. The predicted octanol–water partition coefficient (Wildman–Crippen LogP) is 0.797. The summed E-state index contributed by atoms with van der Waals surface area (Å²) >= 11 is 0. The van der Waals surface area contributed by atoms with Crippen LogP contribution in [-0.2, 0) is 4.79 Å². The number of hydrogen-bond acceptors (Lipinski definition) is 2. The van der Waals surface area contributed by atoms with Crippen molar-refractivity contribution in [3.8, 4) is 0 Å². The molecule has 1 amide bonds. The Hall–Kier alpha value is -0.570. The second-order valence-electron chi connectivity index (χ2n) is 4.60. The average Bonchev–Trinajstić information content (AvgIpc) is 2.44. The molecule has 3 nitrogen and oxygen atoms in total. The van der Waals surface area contributed by atoms with Gasteiger partial charge in [-0.3, -0.25) is 4.79 Å². The molecule has 2 fully saturated rings. The zero-order valence-corrected chi connectivity index (χ0v) is 8.23. The predicted molar refractivity (Wildman–Crippen MR) is 51.4 cm³/mol. The van der Waals surface area contributed by atoms with Crippen molar-refractivity contribution >= 4 is 5.91 Å². The van der Waals surface area contributed by atoms with Gasteiger partial charge in [-0.15, -0.1) is 0 Å². The molecule has 2 aliphatic rings. The third kappa shape index (κ3) is 2.02. The Morgan fingerprint density at radius 2 is 2.38 bits per heavy atom. The third-order valence-electron chi connectivity index (χ3n) is 3.32. The molecule has 3 heteroatoms. The topological polar surface area (TPSA) is 41.1 Å². The molecule has 0 aromatic rings. The van der Waals surface area contributed by atoms with E-state index >= 15 is 0 Å². The van der Waals surface area contributed by atoms with Gasteiger partial charge in [0.1, 0.15) is 0 Å². The fourth-order valence-corrected chi connectivity index (χ4v) is 2.08. The van der Waals surface area contributed by atoms with E-state index in [1.807, 2.05) is 0 Å². The zero-order chi connectivity index (χ0) is 9.31. The van der Waals surface area contributed by atoms with Crippen molar-refractivity contribution in [2.75, 3.05) is 6.54 Å². The van der Waals surface area contributed by atoms with Gasteiger partial charge in [0.2, 0.25) is 5.91 Å². The second-order valence-corrected chi connectivity index (χ2v) is 4.60. The second kappa shape index (κ2) is 3.29. The molecular weight excluding hydrogens is 164 g/mol. The molecule has 1 atom stereocenters. The number of hydrogen-bond donors (Lipinski definition) is 2. The lowest BCUT2D eigenvalue weighted by molar-refractivity contribution is -0.119. The molecule has 0 aromatic heterocycles. The first-order valence-corrected chi connectivity index (χ1v) is 5.22. The van der Waals surface area contributed by atoms with Crippen molar-refractivity contribution in [1.29, 1.82) is 0 Å². The van der Waals surface area contributed by atoms with E-state index in [0.717, 1.165) is 13.0 Å². The highest BCUT2D eigenvalue weighted by Gasteiger charge is 2.32. The van der Waals surface area contributed by atoms with Crippen LogP contribution < -0.4 is 10.6 Å². The van der Waals surface area contributed by atoms with E-state index in [2.05, 4.69) is 17.6 Å². The summed E-state index contributed by atoms with van der Waals surface area (Å²) < 4.78 is 0. The standard InChI is InChI=1S/C10H18N2O/c1-10(5-2-6-10)11-7-8-3-4-9(13)12-8/h8,11H,2-7H2,1H3,(H,12,13). The number of carbonyl (C=O) groups is 1. The van der Waals surface area contributed by atoms with Gasteiger partial charge in [0.25, 0.3) is 0 Å². The summed E-state index contributed by atoms with van der Waals surface area (Å²) in [5.41, 5.74) is 0.368. The lowest BCUT2D eigenvalue weighted by atomic mass is 9.78. The van der Waals surface area contributed by atoms with Gasteiger partial charge < -0.3 is 10.6 Å². The van der Waals surface area contributed by atoms with E-state index in [1.165, 1.54) is 19.3 Å². The molecule has 0 radical (unpaired) electrons. The fourth-order valence-electron chi connectivity index (χ4n) is 2.08. The van der Waals surface area contributed by atoms with E-state index in [0.29, 0.717) is 18.0 Å². The molecule has 0 aromatic carbocycles. The van der Waals surface area contributed by atoms with E-state index < -0.39 is 0 Å². The van der Waals surface area contributed by atoms with Crippen molar-refractivity contribution in [3.05, 3.63) is 0 Å². The molecule has 1 aliphatic heterocycles. The maximum absolute atomic E-state index is 10.9. The number of rotatable bonds is 3. The maximum Gasteiger partial charge on any atom is 0.220 e. The minimum absolute atomic E-state index is 0.213. The molecule has 0 bridgehead atoms. The maximum atomic E-state index is 10.9. The first-order valence-electron chi connectivity index (χ1n) is 5.22. The number of amides is 1. The van der Waals surface area contributed by atoms with Crippen molar-refractivity contribution in [2.45, 2.75) is 50.6 Å². The molecule has 1 saturated heterocycles. The minimum atomic E-state index is 0.213. The molecule has 0 spiro atoms. The third-order valence-corrected chi connectivity index (χ3v) is 3.32. The molecule has 1 unspecified atom stereocenters. The molecular formula is C10H18N2O. The summed E-state index contributed by atoms with van der Waals surface area (Å²) in [7, 11) is 0. The van der Waals surface area contributed by atoms with Gasteiger partial charge in [0, 0.05) is 24.5 Å². The number of carbonyl (C=O) groups excluding carboxylic acids is 1. The van der Waals surface area contributed by atoms with Crippen molar-refractivity contribution < 1.29 is 4.79 Å². The molecule has 2 N–H and O–H groups in total. The minimum Gasteiger partial charge on any atom is -0.352 e. The SMILES string of the molecule is CC1(NCC2CCC(=O)N2)CCC1. The first-order chi connectivity index (χ1) is 6.18. The Labute approximate surface area is 79.3 Å². The summed E-state index contributed by atoms with van der Waals surface area (Å²) in [5, 5.41) is 6.52. The molecule has 2 rings (SSSR count). The first kappa shape index (κ1) is 9.00. The molecule has 1 saturated carbocycles. The summed E-state index contributed by atoms with van der Waals surface area (Å²) in [6.07, 6.45) is 5.63. The van der Waals surface area contributed by atoms with E-state index in [9.17, 15) is 4.79 Å². The van der Waals surface area contributed by atoms with Crippen LogP contribution in [0.4, 0.5) is 0 Å². The average molecular weight is 182 g/mol. The van der Waals surface area contributed by atoms with Crippen LogP contribution in [0, 0.1) is 0 Å². The van der Waals surface area contributed by atoms with Gasteiger partial charge in [0.05, 0.1) is 0 Å². The highest BCUT2D eigenvalue weighted by Crippen LogP contribution is 2.30. The van der Waals surface area contributed by atoms with E-state index in [1.54, 1.807) is 0 Å². The Morgan fingerprint density at radius 3 is 2.85 bits per heavy atom. The molecule has 1 heterocycles. The van der Waals surface area contributed by atoms with Gasteiger partial charge in [-0.1, -0.05) is 0 Å². The van der Waals surface area contributed by atoms with Crippen molar-refractivity contribution in [2.24, 2.45) is 0 Å². The van der Waals surface area contributed by atoms with Crippen LogP contribution in [0.15, 0.2) is 0 Å². The van der Waals surface area contributed by atoms with Crippen LogP contribution in [0.3, 0.4) is 0 Å². The van der Waals surface area contributed by atoms with E-state index in [-0.39, 0.29) is 5.91 Å². The van der Waals surface area contributed by atoms with Crippen LogP contribution in [-0.4, -0.2) is 24.0 Å². The highest BCUT2D eigenvalue weighted by atomic mass is 16.1. The lowest BCUT2D eigenvalue weighted by Crippen LogP contribution is -2.52. The van der Waals surface area contributed by atoms with Gasteiger partial charge in [-0.05, 0) is 32.6 Å². The van der Waals surface area contributed by atoms with E-state index in [4.69, 9.17) is 0 Å². The summed E-state index contributed by atoms with van der Waals surface area (Å²) in [6, 6.07) is 0.380. The van der Waals surface area contributed by atoms with Crippen LogP contribution in [0.1, 0.15) is 39.0 Å². The largest absolute Gasteiger partial charge is 0.352 e. The van der Waals surface area contributed by atoms with Crippen LogP contribution in [0.2, 0.25) is 0 Å². The summed E-state index contributed by atoms with van der Waals surface area (Å²) in [5.74, 6) is 0.213. The van der Waals surface area contributed by atoms with Crippen LogP contribution >= 0.6 is 0 Å². The van der Waals surface area contributed by atoms with Gasteiger partial charge >= 0.3 is 0 Å². The zero-order valence-electron chi connectivity index (χ0n) is 8.23. The molecule has 1 aliphatic carbocycles. The Bertz CT molecular complexity index is 211. The summed E-state index contributed by atoms with van der Waals surface area (Å²) in [4.78, 5) is 10.9. The Kier molecular flexibility index (Phi) is 2.28. The van der Waals surface area contributed by atoms with Crippen LogP contribution in [0.25, 0.3) is 0 Å². The smallest absolute Gasteiger partial charge is 0.220 e. The normalized spacial score (nSPS) is 31.2. The van der Waals surface area contributed by atoms with Gasteiger partial charge in [0.15, 0.2) is 0 Å². The monoisotopic (exact) mass is 182 g/mol. The Morgan fingerprint density at radius 1 is 1.62 bits per heavy atom. The fraction of sp³-hybridized carbons (Fsp3) is 0.900. The van der Waals surface area contributed by atoms with Gasteiger partial charge in [-0.25, -0.2) is 0 Å². The molecule has 13 heavy (non-hydrogen) atoms. The Balaban J connectivity index is 1.70. The highest BCUT2D eigenvalue weighted by molar-refractivity contribution is 5.78. The number of nitrogens with one attached hydrogen (secondary N) is 2. The summed E-state index contributed by atoms with van der Waals surface area (Å²) in [6.45, 7) is 3.22. The van der Waals surface area contributed by atoms with Crippen molar-refractivity contribution in [3.63, 3.8) is 0 Å². The van der Waals surface area contributed by atoms with Gasteiger partial charge in [-0.2, -0.15) is 0 Å². The van der Waals surface area contributed by atoms with Crippen LogP contribution in [0.5, 0.6) is 0 Å². The molecule has 74 valence electrons.